The van der Waals surface area contributed by atoms with Crippen molar-refractivity contribution in [3.8, 4) is 0 Å². The Bertz CT molecular complexity index is 819. The summed E-state index contributed by atoms with van der Waals surface area (Å²) in [6, 6.07) is 0. The van der Waals surface area contributed by atoms with Crippen LogP contribution in [-0.4, -0.2) is 149 Å². The van der Waals surface area contributed by atoms with Gasteiger partial charge in [0.1, 0.15) is 11.2 Å². The number of carbonyl (C=O) groups excluding carboxylic acids is 2. The SMILES string of the molecule is CC(C)(C)OC(=O)CCN1CCN(CC(=O)OC(C)(C)C)CCN(CC(=O)O)CCN(CC(O)OC(C)(C)C)CC1. The number of ether oxygens (including phenoxy) is 3. The van der Waals surface area contributed by atoms with Crippen molar-refractivity contribution in [3.05, 3.63) is 0 Å². The van der Waals surface area contributed by atoms with Gasteiger partial charge in [-0.15, -0.1) is 0 Å². The number of carboxylic acid groups (broad SMARTS) is 1. The molecule has 1 aliphatic heterocycles. The molecule has 0 radical (unpaired) electrons. The van der Waals surface area contributed by atoms with Gasteiger partial charge in [-0.1, -0.05) is 0 Å². The van der Waals surface area contributed by atoms with E-state index in [9.17, 15) is 24.6 Å². The van der Waals surface area contributed by atoms with Gasteiger partial charge in [0.15, 0.2) is 6.29 Å². The van der Waals surface area contributed by atoms with Crippen molar-refractivity contribution >= 4 is 17.9 Å². The third-order valence-electron chi connectivity index (χ3n) is 6.02. The molecule has 1 rings (SSSR count). The first-order valence-electron chi connectivity index (χ1n) is 14.6. The van der Waals surface area contributed by atoms with Gasteiger partial charge >= 0.3 is 17.9 Å². The van der Waals surface area contributed by atoms with Crippen LogP contribution in [0, 0.1) is 0 Å². The van der Waals surface area contributed by atoms with E-state index in [2.05, 4.69) is 9.80 Å². The minimum Gasteiger partial charge on any atom is -0.480 e. The smallest absolute Gasteiger partial charge is 0.320 e. The van der Waals surface area contributed by atoms with Crippen LogP contribution in [0.5, 0.6) is 0 Å². The molecule has 12 nitrogen and oxygen atoms in total. The van der Waals surface area contributed by atoms with Crippen LogP contribution >= 0.6 is 0 Å². The van der Waals surface area contributed by atoms with Crippen LogP contribution in [0.2, 0.25) is 0 Å². The van der Waals surface area contributed by atoms with E-state index in [0.29, 0.717) is 58.9 Å². The second kappa shape index (κ2) is 16.7. The van der Waals surface area contributed by atoms with Crippen LogP contribution in [-0.2, 0) is 28.6 Å². The van der Waals surface area contributed by atoms with Crippen LogP contribution in [0.15, 0.2) is 0 Å². The number of aliphatic carboxylic acids is 1. The topological polar surface area (TPSA) is 132 Å². The molecule has 2 N–H and O–H groups in total. The molecule has 240 valence electrons. The van der Waals surface area contributed by atoms with Crippen molar-refractivity contribution in [2.45, 2.75) is 91.8 Å². The van der Waals surface area contributed by atoms with E-state index < -0.39 is 29.1 Å². The van der Waals surface area contributed by atoms with Crippen LogP contribution in [0.25, 0.3) is 0 Å². The molecule has 0 aromatic rings. The van der Waals surface area contributed by atoms with Gasteiger partial charge in [0.25, 0.3) is 0 Å². The monoisotopic (exact) mass is 588 g/mol. The summed E-state index contributed by atoms with van der Waals surface area (Å²) in [4.78, 5) is 44.7. The average molecular weight is 589 g/mol. The molecular formula is C29H56N4O8. The molecule has 1 aliphatic rings. The number of aliphatic hydroxyl groups excluding tert-OH is 1. The molecule has 0 aromatic heterocycles. The van der Waals surface area contributed by atoms with E-state index in [1.165, 1.54) is 0 Å². The van der Waals surface area contributed by atoms with Gasteiger partial charge in [0, 0.05) is 65.4 Å². The number of esters is 2. The maximum absolute atomic E-state index is 12.6. The predicted octanol–water partition coefficient (Wildman–Crippen LogP) is 1.50. The van der Waals surface area contributed by atoms with Crippen LogP contribution < -0.4 is 0 Å². The summed E-state index contributed by atoms with van der Waals surface area (Å²) in [5.41, 5.74) is -1.69. The van der Waals surface area contributed by atoms with Crippen LogP contribution in [0.3, 0.4) is 0 Å². The van der Waals surface area contributed by atoms with Crippen LogP contribution in [0.1, 0.15) is 68.7 Å². The molecule has 1 atom stereocenters. The fraction of sp³-hybridized carbons (Fsp3) is 0.897. The number of β-amino-alcohol motifs (C(OH)–C–C–N with tert-alkyl or cyclic N) is 1. The molecule has 0 aromatic carbocycles. The largest absolute Gasteiger partial charge is 0.480 e. The summed E-state index contributed by atoms with van der Waals surface area (Å²) in [5.74, 6) is -1.54. The summed E-state index contributed by atoms with van der Waals surface area (Å²) in [7, 11) is 0. The van der Waals surface area contributed by atoms with Gasteiger partial charge < -0.3 is 29.3 Å². The van der Waals surface area contributed by atoms with Crippen molar-refractivity contribution < 1.29 is 38.8 Å². The molecule has 12 heteroatoms. The van der Waals surface area contributed by atoms with E-state index in [1.807, 2.05) is 72.1 Å². The molecule has 1 saturated heterocycles. The Labute approximate surface area is 246 Å². The Balaban J connectivity index is 3.09. The van der Waals surface area contributed by atoms with Gasteiger partial charge in [-0.3, -0.25) is 29.1 Å². The van der Waals surface area contributed by atoms with Crippen LogP contribution in [0.4, 0.5) is 0 Å². The fourth-order valence-corrected chi connectivity index (χ4v) is 4.36. The number of hydrogen-bond donors (Lipinski definition) is 2. The third kappa shape index (κ3) is 19.8. The highest BCUT2D eigenvalue weighted by Crippen LogP contribution is 2.12. The van der Waals surface area contributed by atoms with Gasteiger partial charge in [0.2, 0.25) is 0 Å². The summed E-state index contributed by atoms with van der Waals surface area (Å²) < 4.78 is 16.8. The van der Waals surface area contributed by atoms with Crippen molar-refractivity contribution in [3.63, 3.8) is 0 Å². The number of aliphatic hydroxyl groups is 1. The second-order valence-electron chi connectivity index (χ2n) is 13.7. The zero-order chi connectivity index (χ0) is 31.4. The highest BCUT2D eigenvalue weighted by atomic mass is 16.6. The summed E-state index contributed by atoms with van der Waals surface area (Å²) in [6.07, 6.45) is -0.777. The normalized spacial score (nSPS) is 19.2. The van der Waals surface area contributed by atoms with E-state index in [-0.39, 0.29) is 38.0 Å². The average Bonchev–Trinajstić information content (AvgIpc) is 2.74. The lowest BCUT2D eigenvalue weighted by molar-refractivity contribution is -0.174. The van der Waals surface area contributed by atoms with Gasteiger partial charge in [-0.05, 0) is 62.3 Å². The fourth-order valence-electron chi connectivity index (χ4n) is 4.36. The first-order valence-corrected chi connectivity index (χ1v) is 14.6. The summed E-state index contributed by atoms with van der Waals surface area (Å²) in [6.45, 7) is 21.5. The van der Waals surface area contributed by atoms with Gasteiger partial charge in [-0.25, -0.2) is 0 Å². The van der Waals surface area contributed by atoms with E-state index in [1.54, 1.807) is 0 Å². The quantitative estimate of drug-likeness (QED) is 0.283. The molecule has 41 heavy (non-hydrogen) atoms. The zero-order valence-electron chi connectivity index (χ0n) is 26.9. The minimum absolute atomic E-state index is 0.0839. The minimum atomic E-state index is -1.00. The zero-order valence-corrected chi connectivity index (χ0v) is 26.9. The number of carbonyl (C=O) groups is 3. The molecule has 1 unspecified atom stereocenters. The first kappa shape index (κ1) is 37.2. The van der Waals surface area contributed by atoms with Crippen molar-refractivity contribution in [1.82, 2.24) is 19.6 Å². The number of rotatable bonds is 10. The van der Waals surface area contributed by atoms with E-state index >= 15 is 0 Å². The Morgan fingerprint density at radius 3 is 1.49 bits per heavy atom. The second-order valence-corrected chi connectivity index (χ2v) is 13.7. The maximum Gasteiger partial charge on any atom is 0.320 e. The Hall–Kier alpha value is -1.83. The molecule has 0 spiro atoms. The summed E-state index contributed by atoms with van der Waals surface area (Å²) in [5, 5.41) is 20.1. The molecule has 1 heterocycles. The number of hydrogen-bond acceptors (Lipinski definition) is 11. The van der Waals surface area contributed by atoms with Crippen molar-refractivity contribution in [2.75, 3.05) is 78.5 Å². The molecule has 0 aliphatic carbocycles. The van der Waals surface area contributed by atoms with E-state index in [4.69, 9.17) is 14.2 Å². The van der Waals surface area contributed by atoms with E-state index in [0.717, 1.165) is 0 Å². The van der Waals surface area contributed by atoms with Crippen molar-refractivity contribution in [2.24, 2.45) is 0 Å². The molecule has 1 fully saturated rings. The highest BCUT2D eigenvalue weighted by Gasteiger charge is 2.25. The molecule has 0 saturated carbocycles. The number of nitrogens with zero attached hydrogens (tertiary/aromatic N) is 4. The molecular weight excluding hydrogens is 532 g/mol. The predicted molar refractivity (Wildman–Crippen MR) is 157 cm³/mol. The maximum atomic E-state index is 12.6. The highest BCUT2D eigenvalue weighted by molar-refractivity contribution is 5.72. The summed E-state index contributed by atoms with van der Waals surface area (Å²) >= 11 is 0. The van der Waals surface area contributed by atoms with Crippen molar-refractivity contribution in [1.29, 1.82) is 0 Å². The first-order chi connectivity index (χ1) is 18.7. The third-order valence-corrected chi connectivity index (χ3v) is 6.02. The van der Waals surface area contributed by atoms with Gasteiger partial charge in [-0.2, -0.15) is 0 Å². The molecule has 0 bridgehead atoms. The van der Waals surface area contributed by atoms with Gasteiger partial charge in [0.05, 0.1) is 25.1 Å². The Morgan fingerprint density at radius 2 is 1.05 bits per heavy atom. The standard InChI is InChI=1S/C29H56N4O8/c1-27(2,3)39-24(36)10-11-30-12-14-32(21-25(37)40-28(4,5)6)18-16-31(20-23(34)35)17-19-33(15-13-30)22-26(38)41-29(7,8)9/h25,37H,10-22H2,1-9H3,(H,34,35). The lowest BCUT2D eigenvalue weighted by atomic mass is 10.2. The number of carboxylic acids is 1. The molecule has 0 amide bonds. The lowest BCUT2D eigenvalue weighted by Crippen LogP contribution is -2.49. The lowest BCUT2D eigenvalue weighted by Gasteiger charge is -2.35. The Morgan fingerprint density at radius 1 is 0.634 bits per heavy atom. The Kier molecular flexibility index (Phi) is 15.2.